The normalized spacial score (nSPS) is 19.4. The number of guanidine groups is 1. The zero-order valence-corrected chi connectivity index (χ0v) is 18.4. The smallest absolute Gasteiger partial charge is 0.251 e. The van der Waals surface area contributed by atoms with Gasteiger partial charge in [0.15, 0.2) is 5.96 Å². The largest absolute Gasteiger partial charge is 0.487 e. The molecule has 1 spiro atoms. The molecule has 1 unspecified atom stereocenters. The van der Waals surface area contributed by atoms with E-state index in [4.69, 9.17) is 4.74 Å². The molecule has 3 N–H and O–H groups in total. The second-order valence-electron chi connectivity index (χ2n) is 8.42. The van der Waals surface area contributed by atoms with Crippen LogP contribution in [0, 0.1) is 0 Å². The lowest BCUT2D eigenvalue weighted by Crippen LogP contribution is -2.46. The van der Waals surface area contributed by atoms with Gasteiger partial charge in [-0.15, -0.1) is 0 Å². The van der Waals surface area contributed by atoms with E-state index in [0.717, 1.165) is 36.5 Å². The summed E-state index contributed by atoms with van der Waals surface area (Å²) in [6.45, 7) is 3.12. The van der Waals surface area contributed by atoms with Gasteiger partial charge in [0.05, 0.1) is 6.04 Å². The third-order valence-electron chi connectivity index (χ3n) is 6.23. The summed E-state index contributed by atoms with van der Waals surface area (Å²) in [7, 11) is 1.79. The first-order chi connectivity index (χ1) is 15.1. The molecule has 2 aromatic rings. The number of amides is 1. The minimum Gasteiger partial charge on any atom is -0.487 e. The van der Waals surface area contributed by atoms with Gasteiger partial charge in [-0.05, 0) is 56.4 Å². The Kier molecular flexibility index (Phi) is 6.44. The standard InChI is InChI=1S/C25H32N4O2/c1-3-27-23(30)19-10-8-9-18(15-19)17-28-24(26-2)29-21-16-25(13-6-7-14-25)31-22-12-5-4-11-20(21)22/h4-5,8-12,15,21H,3,6-7,13-14,16-17H2,1-2H3,(H,27,30)(H2,26,28,29). The summed E-state index contributed by atoms with van der Waals surface area (Å²) in [6, 6.07) is 16.1. The van der Waals surface area contributed by atoms with Gasteiger partial charge in [-0.1, -0.05) is 30.3 Å². The maximum absolute atomic E-state index is 12.1. The van der Waals surface area contributed by atoms with Gasteiger partial charge in [0.25, 0.3) is 5.91 Å². The number of nitrogens with one attached hydrogen (secondary N) is 3. The predicted octanol–water partition coefficient (Wildman–Crippen LogP) is 3.94. The summed E-state index contributed by atoms with van der Waals surface area (Å²) in [5.74, 6) is 1.68. The van der Waals surface area contributed by atoms with E-state index in [-0.39, 0.29) is 17.6 Å². The van der Waals surface area contributed by atoms with Crippen LogP contribution in [0.25, 0.3) is 0 Å². The fraction of sp³-hybridized carbons (Fsp3) is 0.440. The summed E-state index contributed by atoms with van der Waals surface area (Å²) in [5, 5.41) is 9.87. The van der Waals surface area contributed by atoms with Crippen LogP contribution in [0.3, 0.4) is 0 Å². The summed E-state index contributed by atoms with van der Waals surface area (Å²) >= 11 is 0. The van der Waals surface area contributed by atoms with Gasteiger partial charge in [0.2, 0.25) is 0 Å². The van der Waals surface area contributed by atoms with Crippen LogP contribution in [0.4, 0.5) is 0 Å². The Hall–Kier alpha value is -3.02. The number of ether oxygens (including phenoxy) is 1. The number of carbonyl (C=O) groups excluding carboxylic acids is 1. The Balaban J connectivity index is 1.45. The molecule has 1 aliphatic heterocycles. The molecule has 1 heterocycles. The van der Waals surface area contributed by atoms with Crippen molar-refractivity contribution >= 4 is 11.9 Å². The maximum atomic E-state index is 12.1. The van der Waals surface area contributed by atoms with E-state index in [9.17, 15) is 4.79 Å². The Morgan fingerprint density at radius 2 is 1.94 bits per heavy atom. The van der Waals surface area contributed by atoms with Crippen molar-refractivity contribution in [3.8, 4) is 5.75 Å². The highest BCUT2D eigenvalue weighted by Gasteiger charge is 2.43. The van der Waals surface area contributed by atoms with E-state index < -0.39 is 0 Å². The Labute approximate surface area is 184 Å². The molecule has 2 aliphatic rings. The minimum atomic E-state index is -0.0636. The average molecular weight is 421 g/mol. The number of nitrogens with zero attached hydrogens (tertiary/aromatic N) is 1. The molecule has 0 bridgehead atoms. The molecule has 31 heavy (non-hydrogen) atoms. The van der Waals surface area contributed by atoms with Gasteiger partial charge in [-0.25, -0.2) is 0 Å². The topological polar surface area (TPSA) is 74.8 Å². The van der Waals surface area contributed by atoms with Crippen molar-refractivity contribution < 1.29 is 9.53 Å². The van der Waals surface area contributed by atoms with Gasteiger partial charge in [-0.3, -0.25) is 9.79 Å². The van der Waals surface area contributed by atoms with Gasteiger partial charge in [-0.2, -0.15) is 0 Å². The second kappa shape index (κ2) is 9.41. The van der Waals surface area contributed by atoms with Crippen molar-refractivity contribution in [1.82, 2.24) is 16.0 Å². The zero-order chi connectivity index (χ0) is 21.7. The molecule has 1 amide bonds. The highest BCUT2D eigenvalue weighted by molar-refractivity contribution is 5.94. The van der Waals surface area contributed by atoms with Crippen molar-refractivity contribution in [2.45, 2.75) is 57.2 Å². The summed E-state index contributed by atoms with van der Waals surface area (Å²) in [5.41, 5.74) is 2.82. The lowest BCUT2D eigenvalue weighted by atomic mass is 9.86. The second-order valence-corrected chi connectivity index (χ2v) is 8.42. The van der Waals surface area contributed by atoms with Crippen LogP contribution in [0.2, 0.25) is 0 Å². The quantitative estimate of drug-likeness (QED) is 0.506. The molecule has 0 aromatic heterocycles. The van der Waals surface area contributed by atoms with Crippen LogP contribution >= 0.6 is 0 Å². The monoisotopic (exact) mass is 420 g/mol. The van der Waals surface area contributed by atoms with Gasteiger partial charge < -0.3 is 20.7 Å². The molecule has 6 nitrogen and oxygen atoms in total. The first-order valence-electron chi connectivity index (χ1n) is 11.2. The minimum absolute atomic E-state index is 0.0486. The van der Waals surface area contributed by atoms with Crippen LogP contribution in [-0.4, -0.2) is 31.1 Å². The third kappa shape index (κ3) is 4.84. The number of benzene rings is 2. The molecule has 1 saturated carbocycles. The Morgan fingerprint density at radius 3 is 2.71 bits per heavy atom. The van der Waals surface area contributed by atoms with E-state index in [0.29, 0.717) is 18.7 Å². The van der Waals surface area contributed by atoms with Crippen molar-refractivity contribution in [3.05, 3.63) is 65.2 Å². The maximum Gasteiger partial charge on any atom is 0.251 e. The molecular weight excluding hydrogens is 388 g/mol. The number of aliphatic imine (C=N–C) groups is 1. The number of rotatable bonds is 5. The fourth-order valence-corrected chi connectivity index (χ4v) is 4.70. The van der Waals surface area contributed by atoms with E-state index in [1.807, 2.05) is 37.3 Å². The van der Waals surface area contributed by atoms with Gasteiger partial charge >= 0.3 is 0 Å². The summed E-state index contributed by atoms with van der Waals surface area (Å²) < 4.78 is 6.47. The average Bonchev–Trinajstić information content (AvgIpc) is 3.24. The van der Waals surface area contributed by atoms with E-state index in [1.165, 1.54) is 18.4 Å². The van der Waals surface area contributed by atoms with Crippen LogP contribution < -0.4 is 20.7 Å². The highest BCUT2D eigenvalue weighted by Crippen LogP contribution is 2.46. The number of carbonyl (C=O) groups is 1. The molecule has 6 heteroatoms. The number of hydrogen-bond donors (Lipinski definition) is 3. The van der Waals surface area contributed by atoms with Crippen LogP contribution in [0.15, 0.2) is 53.5 Å². The van der Waals surface area contributed by atoms with Crippen LogP contribution in [-0.2, 0) is 6.54 Å². The molecule has 0 radical (unpaired) electrons. The molecule has 2 aromatic carbocycles. The zero-order valence-electron chi connectivity index (χ0n) is 18.4. The van der Waals surface area contributed by atoms with Gasteiger partial charge in [0.1, 0.15) is 11.4 Å². The van der Waals surface area contributed by atoms with Crippen molar-refractivity contribution in [1.29, 1.82) is 0 Å². The molecule has 1 fully saturated rings. The number of para-hydroxylation sites is 1. The Bertz CT molecular complexity index is 950. The molecule has 1 atom stereocenters. The molecule has 164 valence electrons. The summed E-state index contributed by atoms with van der Waals surface area (Å²) in [6.07, 6.45) is 5.61. The van der Waals surface area contributed by atoms with Crippen LogP contribution in [0.1, 0.15) is 66.6 Å². The van der Waals surface area contributed by atoms with Crippen molar-refractivity contribution in [2.24, 2.45) is 4.99 Å². The SMILES string of the molecule is CCNC(=O)c1cccc(CNC(=NC)NC2CC3(CCCC3)Oc3ccccc32)c1. The van der Waals surface area contributed by atoms with E-state index in [1.54, 1.807) is 7.05 Å². The van der Waals surface area contributed by atoms with Crippen LogP contribution in [0.5, 0.6) is 5.75 Å². The van der Waals surface area contributed by atoms with Crippen molar-refractivity contribution in [3.63, 3.8) is 0 Å². The number of fused-ring (bicyclic) bond motifs is 1. The van der Waals surface area contributed by atoms with Crippen molar-refractivity contribution in [2.75, 3.05) is 13.6 Å². The molecule has 4 rings (SSSR count). The molecule has 0 saturated heterocycles. The Morgan fingerprint density at radius 1 is 1.13 bits per heavy atom. The fourth-order valence-electron chi connectivity index (χ4n) is 4.70. The predicted molar refractivity (Wildman–Crippen MR) is 123 cm³/mol. The molecule has 1 aliphatic carbocycles. The lowest BCUT2D eigenvalue weighted by Gasteiger charge is -2.40. The number of hydrogen-bond acceptors (Lipinski definition) is 3. The summed E-state index contributed by atoms with van der Waals surface area (Å²) in [4.78, 5) is 16.6. The first kappa shape index (κ1) is 21.2. The third-order valence-corrected chi connectivity index (χ3v) is 6.23. The first-order valence-corrected chi connectivity index (χ1v) is 11.2. The van der Waals surface area contributed by atoms with Gasteiger partial charge in [0, 0.05) is 37.7 Å². The molecular formula is C25H32N4O2. The van der Waals surface area contributed by atoms with E-state index >= 15 is 0 Å². The highest BCUT2D eigenvalue weighted by atomic mass is 16.5. The van der Waals surface area contributed by atoms with E-state index in [2.05, 4.69) is 39.1 Å². The lowest BCUT2D eigenvalue weighted by molar-refractivity contribution is 0.0396.